The fraction of sp³-hybridized carbons (Fsp3) is 0.333. The van der Waals surface area contributed by atoms with Gasteiger partial charge in [0.1, 0.15) is 5.15 Å². The Bertz CT molecular complexity index is 404. The summed E-state index contributed by atoms with van der Waals surface area (Å²) in [4.78, 5) is 15.8. The number of nitro groups is 1. The van der Waals surface area contributed by atoms with Gasteiger partial charge in [-0.3, -0.25) is 0 Å². The van der Waals surface area contributed by atoms with Crippen molar-refractivity contribution in [3.05, 3.63) is 39.2 Å². The summed E-state index contributed by atoms with van der Waals surface area (Å²) in [6.07, 6.45) is 1.62. The summed E-state index contributed by atoms with van der Waals surface area (Å²) in [6.45, 7) is 2.07. The van der Waals surface area contributed by atoms with E-state index < -0.39 is 5.03 Å². The largest absolute Gasteiger partial charge is 0.354 e. The standard InChI is InChI=1S/C9H11ClN4O2/c1-7(12-14(15)16)13(2)6-8-3-4-9(10)11-5-8/h3-5H,6H2,1-2H3/b12-7+. The molecule has 86 valence electrons. The average molecular weight is 243 g/mol. The third-order valence-corrected chi connectivity index (χ3v) is 2.21. The lowest BCUT2D eigenvalue weighted by Crippen LogP contribution is -2.24. The molecule has 0 radical (unpaired) electrons. The highest BCUT2D eigenvalue weighted by Gasteiger charge is 2.06. The van der Waals surface area contributed by atoms with E-state index in [0.29, 0.717) is 17.5 Å². The molecule has 0 N–H and O–H groups in total. The van der Waals surface area contributed by atoms with Gasteiger partial charge in [-0.1, -0.05) is 17.7 Å². The first-order valence-electron chi connectivity index (χ1n) is 4.50. The predicted octanol–water partition coefficient (Wildman–Crippen LogP) is 1.78. The van der Waals surface area contributed by atoms with Crippen molar-refractivity contribution < 1.29 is 5.03 Å². The van der Waals surface area contributed by atoms with Crippen molar-refractivity contribution in [3.8, 4) is 0 Å². The van der Waals surface area contributed by atoms with Crippen molar-refractivity contribution in [2.75, 3.05) is 7.05 Å². The summed E-state index contributed by atoms with van der Waals surface area (Å²) in [5.41, 5.74) is 0.907. The first kappa shape index (κ1) is 12.4. The lowest BCUT2D eigenvalue weighted by molar-refractivity contribution is -0.485. The molecule has 1 aromatic rings. The Hall–Kier alpha value is -1.69. The van der Waals surface area contributed by atoms with Gasteiger partial charge in [-0.05, 0) is 11.6 Å². The van der Waals surface area contributed by atoms with Crippen LogP contribution in [0.2, 0.25) is 5.15 Å². The summed E-state index contributed by atoms with van der Waals surface area (Å²) in [6, 6.07) is 3.48. The number of amidine groups is 1. The molecule has 1 rings (SSSR count). The third kappa shape index (κ3) is 3.82. The van der Waals surface area contributed by atoms with Gasteiger partial charge in [-0.25, -0.2) is 15.1 Å². The van der Waals surface area contributed by atoms with E-state index >= 15 is 0 Å². The number of hydrazone groups is 1. The van der Waals surface area contributed by atoms with Crippen LogP contribution >= 0.6 is 11.6 Å². The van der Waals surface area contributed by atoms with E-state index in [1.54, 1.807) is 31.1 Å². The SMILES string of the molecule is C/C(=N\[N+](=O)[O-])N(C)Cc1ccc(Cl)nc1. The van der Waals surface area contributed by atoms with E-state index in [1.165, 1.54) is 0 Å². The number of aromatic nitrogens is 1. The number of pyridine rings is 1. The minimum absolute atomic E-state index is 0.333. The van der Waals surface area contributed by atoms with Crippen LogP contribution in [0, 0.1) is 10.1 Å². The lowest BCUT2D eigenvalue weighted by Gasteiger charge is -2.15. The lowest BCUT2D eigenvalue weighted by atomic mass is 10.3. The van der Waals surface area contributed by atoms with Gasteiger partial charge >= 0.3 is 0 Å². The zero-order chi connectivity index (χ0) is 12.1. The monoisotopic (exact) mass is 242 g/mol. The molecule has 0 aromatic carbocycles. The van der Waals surface area contributed by atoms with Crippen LogP contribution in [0.4, 0.5) is 0 Å². The van der Waals surface area contributed by atoms with Crippen LogP contribution in [0.1, 0.15) is 12.5 Å². The molecular formula is C9H11ClN4O2. The van der Waals surface area contributed by atoms with Gasteiger partial charge in [0.05, 0.1) is 5.10 Å². The Morgan fingerprint density at radius 2 is 2.38 bits per heavy atom. The van der Waals surface area contributed by atoms with Crippen molar-refractivity contribution >= 4 is 17.4 Å². The Balaban J connectivity index is 2.67. The highest BCUT2D eigenvalue weighted by Crippen LogP contribution is 2.07. The van der Waals surface area contributed by atoms with Gasteiger partial charge in [0.15, 0.2) is 10.9 Å². The Labute approximate surface area is 97.7 Å². The molecule has 16 heavy (non-hydrogen) atoms. The Morgan fingerprint density at radius 1 is 1.69 bits per heavy atom. The molecule has 0 bridgehead atoms. The molecule has 1 heterocycles. The fourth-order valence-corrected chi connectivity index (χ4v) is 1.19. The molecule has 0 aliphatic rings. The molecule has 0 fully saturated rings. The Kier molecular flexibility index (Phi) is 4.19. The minimum Gasteiger partial charge on any atom is -0.354 e. The zero-order valence-corrected chi connectivity index (χ0v) is 9.68. The smallest absolute Gasteiger partial charge is 0.192 e. The van der Waals surface area contributed by atoms with Gasteiger partial charge in [0.2, 0.25) is 0 Å². The number of hydrogen-bond donors (Lipinski definition) is 0. The molecule has 0 saturated heterocycles. The van der Waals surface area contributed by atoms with E-state index in [-0.39, 0.29) is 0 Å². The van der Waals surface area contributed by atoms with Crippen molar-refractivity contribution in [3.63, 3.8) is 0 Å². The topological polar surface area (TPSA) is 71.6 Å². The highest BCUT2D eigenvalue weighted by molar-refractivity contribution is 6.29. The van der Waals surface area contributed by atoms with Gasteiger partial charge in [0.25, 0.3) is 0 Å². The fourth-order valence-electron chi connectivity index (χ4n) is 1.08. The van der Waals surface area contributed by atoms with Gasteiger partial charge < -0.3 is 4.90 Å². The number of hydrogen-bond acceptors (Lipinski definition) is 3. The molecular weight excluding hydrogens is 232 g/mol. The second-order valence-corrected chi connectivity index (χ2v) is 3.62. The molecule has 0 spiro atoms. The molecule has 0 aliphatic heterocycles. The normalized spacial score (nSPS) is 11.3. The third-order valence-electron chi connectivity index (χ3n) is 1.99. The molecule has 7 heteroatoms. The second-order valence-electron chi connectivity index (χ2n) is 3.23. The maximum atomic E-state index is 10.2. The van der Waals surface area contributed by atoms with Gasteiger partial charge in [-0.15, -0.1) is 0 Å². The Morgan fingerprint density at radius 3 is 2.88 bits per heavy atom. The summed E-state index contributed by atoms with van der Waals surface area (Å²) in [5.74, 6) is 0.333. The summed E-state index contributed by atoms with van der Waals surface area (Å²) >= 11 is 5.64. The van der Waals surface area contributed by atoms with Crippen molar-refractivity contribution in [1.82, 2.24) is 9.88 Å². The van der Waals surface area contributed by atoms with E-state index in [0.717, 1.165) is 5.56 Å². The van der Waals surface area contributed by atoms with Gasteiger partial charge in [-0.2, -0.15) is 0 Å². The number of halogens is 1. The summed E-state index contributed by atoms with van der Waals surface area (Å²) in [7, 11) is 1.72. The van der Waals surface area contributed by atoms with Crippen LogP contribution in [0.25, 0.3) is 0 Å². The van der Waals surface area contributed by atoms with E-state index in [9.17, 15) is 10.1 Å². The van der Waals surface area contributed by atoms with Crippen LogP contribution in [0.3, 0.4) is 0 Å². The quantitative estimate of drug-likeness (QED) is 0.266. The first-order chi connectivity index (χ1) is 7.49. The number of nitrogens with zero attached hydrogens (tertiary/aromatic N) is 4. The van der Waals surface area contributed by atoms with Gasteiger partial charge in [0, 0.05) is 26.7 Å². The van der Waals surface area contributed by atoms with Crippen LogP contribution in [-0.2, 0) is 6.54 Å². The molecule has 0 unspecified atom stereocenters. The minimum atomic E-state index is -0.716. The predicted molar refractivity (Wildman–Crippen MR) is 60.8 cm³/mol. The van der Waals surface area contributed by atoms with Crippen LogP contribution < -0.4 is 0 Å². The van der Waals surface area contributed by atoms with Crippen molar-refractivity contribution in [1.29, 1.82) is 0 Å². The maximum Gasteiger partial charge on any atom is 0.192 e. The first-order valence-corrected chi connectivity index (χ1v) is 4.88. The summed E-state index contributed by atoms with van der Waals surface area (Å²) in [5, 5.41) is 13.1. The van der Waals surface area contributed by atoms with Crippen LogP contribution in [-0.4, -0.2) is 27.8 Å². The van der Waals surface area contributed by atoms with Crippen molar-refractivity contribution in [2.24, 2.45) is 5.10 Å². The van der Waals surface area contributed by atoms with E-state index in [2.05, 4.69) is 10.1 Å². The van der Waals surface area contributed by atoms with Crippen molar-refractivity contribution in [2.45, 2.75) is 13.5 Å². The van der Waals surface area contributed by atoms with Crippen LogP contribution in [0.15, 0.2) is 23.4 Å². The molecule has 0 atom stereocenters. The zero-order valence-electron chi connectivity index (χ0n) is 8.92. The number of rotatable bonds is 3. The molecule has 6 nitrogen and oxygen atoms in total. The molecule has 0 saturated carbocycles. The second kappa shape index (κ2) is 5.41. The van der Waals surface area contributed by atoms with Crippen LogP contribution in [0.5, 0.6) is 0 Å². The highest BCUT2D eigenvalue weighted by atomic mass is 35.5. The van der Waals surface area contributed by atoms with E-state index in [1.807, 2.05) is 6.07 Å². The maximum absolute atomic E-state index is 10.2. The molecule has 1 aromatic heterocycles. The molecule has 0 amide bonds. The average Bonchev–Trinajstić information content (AvgIpc) is 2.20. The van der Waals surface area contributed by atoms with E-state index in [4.69, 9.17) is 11.6 Å². The molecule has 0 aliphatic carbocycles. The summed E-state index contributed by atoms with van der Waals surface area (Å²) < 4.78 is 0.